The molecule has 1 nitrogen and oxygen atoms in total. The van der Waals surface area contributed by atoms with E-state index in [1.807, 2.05) is 13.0 Å². The highest BCUT2D eigenvalue weighted by atomic mass is 19.1. The lowest BCUT2D eigenvalue weighted by Gasteiger charge is -2.29. The van der Waals surface area contributed by atoms with Gasteiger partial charge < -0.3 is 4.74 Å². The number of hydrogen-bond donors (Lipinski definition) is 0. The first-order valence-corrected chi connectivity index (χ1v) is 5.81. The second kappa shape index (κ2) is 3.76. The highest BCUT2D eigenvalue weighted by Gasteiger charge is 2.28. The summed E-state index contributed by atoms with van der Waals surface area (Å²) in [6.07, 6.45) is -0.398. The van der Waals surface area contributed by atoms with E-state index in [1.54, 1.807) is 0 Å². The van der Waals surface area contributed by atoms with Gasteiger partial charge in [0.25, 0.3) is 0 Å². The molecule has 0 aromatic heterocycles. The summed E-state index contributed by atoms with van der Waals surface area (Å²) >= 11 is 0. The van der Waals surface area contributed by atoms with Gasteiger partial charge in [-0.05, 0) is 18.4 Å². The summed E-state index contributed by atoms with van der Waals surface area (Å²) in [5, 5.41) is 0. The lowest BCUT2D eigenvalue weighted by Crippen LogP contribution is -2.19. The summed E-state index contributed by atoms with van der Waals surface area (Å²) in [6, 6.07) is 4.02. The maximum Gasteiger partial charge on any atom is 0.132 e. The summed E-state index contributed by atoms with van der Waals surface area (Å²) in [5.41, 5.74) is 2.95. The van der Waals surface area contributed by atoms with Gasteiger partial charge in [-0.2, -0.15) is 0 Å². The maximum absolute atomic E-state index is 13.8. The Morgan fingerprint density at radius 3 is 2.62 bits per heavy atom. The molecule has 1 atom stereocenters. The molecule has 0 saturated carbocycles. The first-order chi connectivity index (χ1) is 7.39. The number of hydrogen-bond acceptors (Lipinski definition) is 1. The fourth-order valence-electron chi connectivity index (χ4n) is 2.17. The highest BCUT2D eigenvalue weighted by molar-refractivity contribution is 5.49. The first-order valence-electron chi connectivity index (χ1n) is 5.81. The van der Waals surface area contributed by atoms with Crippen LogP contribution in [0.15, 0.2) is 12.1 Å². The predicted octanol–water partition coefficient (Wildman–Crippen LogP) is 4.09. The average Bonchev–Trinajstić information content (AvgIpc) is 2.17. The van der Waals surface area contributed by atoms with Crippen molar-refractivity contribution in [2.24, 2.45) is 0 Å². The zero-order valence-corrected chi connectivity index (χ0v) is 10.4. The smallest absolute Gasteiger partial charge is 0.132 e. The molecule has 0 spiro atoms. The zero-order chi connectivity index (χ0) is 11.9. The first kappa shape index (κ1) is 11.4. The van der Waals surface area contributed by atoms with Crippen LogP contribution in [0, 0.1) is 6.92 Å². The Bertz CT molecular complexity index is 404. The van der Waals surface area contributed by atoms with Gasteiger partial charge in [0.15, 0.2) is 0 Å². The molecule has 88 valence electrons. The topological polar surface area (TPSA) is 9.23 Å². The standard InChI is InChI=1S/C14H19FO/c1-9-7-10-12(15)5-6-16-13(10)11(8-9)14(2,3)4/h7-8,12H,5-6H2,1-4H3. The molecule has 16 heavy (non-hydrogen) atoms. The number of alkyl halides is 1. The van der Waals surface area contributed by atoms with Crippen LogP contribution >= 0.6 is 0 Å². The Morgan fingerprint density at radius 2 is 2.00 bits per heavy atom. The van der Waals surface area contributed by atoms with Crippen LogP contribution in [0.25, 0.3) is 0 Å². The quantitative estimate of drug-likeness (QED) is 0.642. The third kappa shape index (κ3) is 1.93. The molecule has 2 heteroatoms. The van der Waals surface area contributed by atoms with Crippen LogP contribution < -0.4 is 4.74 Å². The molecule has 0 aliphatic carbocycles. The lowest BCUT2D eigenvalue weighted by molar-refractivity contribution is 0.196. The molecule has 2 rings (SSSR count). The molecule has 0 bridgehead atoms. The average molecular weight is 222 g/mol. The van der Waals surface area contributed by atoms with E-state index in [2.05, 4.69) is 26.8 Å². The largest absolute Gasteiger partial charge is 0.493 e. The number of rotatable bonds is 0. The van der Waals surface area contributed by atoms with E-state index >= 15 is 0 Å². The molecule has 0 radical (unpaired) electrons. The van der Waals surface area contributed by atoms with Crippen LogP contribution in [0.5, 0.6) is 5.75 Å². The van der Waals surface area contributed by atoms with Gasteiger partial charge in [-0.1, -0.05) is 32.4 Å². The third-order valence-corrected chi connectivity index (χ3v) is 3.03. The molecule has 1 aromatic rings. The fraction of sp³-hybridized carbons (Fsp3) is 0.571. The van der Waals surface area contributed by atoms with Gasteiger partial charge >= 0.3 is 0 Å². The minimum absolute atomic E-state index is 0.00678. The third-order valence-electron chi connectivity index (χ3n) is 3.03. The SMILES string of the molecule is Cc1cc2c(c(C(C)(C)C)c1)OCCC2F. The molecular weight excluding hydrogens is 203 g/mol. The van der Waals surface area contributed by atoms with Gasteiger partial charge in [0, 0.05) is 17.5 Å². The van der Waals surface area contributed by atoms with Gasteiger partial charge in [0.2, 0.25) is 0 Å². The van der Waals surface area contributed by atoms with Gasteiger partial charge in [0.1, 0.15) is 11.9 Å². The molecule has 0 amide bonds. The number of halogens is 1. The van der Waals surface area contributed by atoms with Crippen molar-refractivity contribution in [1.29, 1.82) is 0 Å². The molecule has 1 aromatic carbocycles. The normalized spacial score (nSPS) is 20.2. The van der Waals surface area contributed by atoms with Crippen LogP contribution in [-0.2, 0) is 5.41 Å². The summed E-state index contributed by atoms with van der Waals surface area (Å²) in [5.74, 6) is 0.775. The van der Waals surface area contributed by atoms with E-state index in [0.29, 0.717) is 13.0 Å². The lowest BCUT2D eigenvalue weighted by atomic mass is 9.83. The van der Waals surface area contributed by atoms with Crippen molar-refractivity contribution < 1.29 is 9.13 Å². The predicted molar refractivity (Wildman–Crippen MR) is 63.8 cm³/mol. The van der Waals surface area contributed by atoms with E-state index in [9.17, 15) is 4.39 Å². The second-order valence-electron chi connectivity index (χ2n) is 5.59. The highest BCUT2D eigenvalue weighted by Crippen LogP contribution is 2.42. The van der Waals surface area contributed by atoms with Gasteiger partial charge in [-0.25, -0.2) is 4.39 Å². The fourth-order valence-corrected chi connectivity index (χ4v) is 2.17. The molecule has 0 N–H and O–H groups in total. The van der Waals surface area contributed by atoms with E-state index in [-0.39, 0.29) is 5.41 Å². The van der Waals surface area contributed by atoms with Crippen molar-refractivity contribution in [3.05, 3.63) is 28.8 Å². The Labute approximate surface area is 96.6 Å². The van der Waals surface area contributed by atoms with Crippen LogP contribution in [0.2, 0.25) is 0 Å². The number of ether oxygens (including phenoxy) is 1. The van der Waals surface area contributed by atoms with Crippen molar-refractivity contribution in [1.82, 2.24) is 0 Å². The van der Waals surface area contributed by atoms with Crippen LogP contribution in [0.3, 0.4) is 0 Å². The van der Waals surface area contributed by atoms with Gasteiger partial charge in [-0.15, -0.1) is 0 Å². The summed E-state index contributed by atoms with van der Waals surface area (Å²) in [4.78, 5) is 0. The summed E-state index contributed by atoms with van der Waals surface area (Å²) < 4.78 is 19.5. The maximum atomic E-state index is 13.8. The molecule has 1 unspecified atom stereocenters. The van der Waals surface area contributed by atoms with Gasteiger partial charge in [-0.3, -0.25) is 0 Å². The minimum Gasteiger partial charge on any atom is -0.493 e. The van der Waals surface area contributed by atoms with E-state index in [4.69, 9.17) is 4.74 Å². The molecule has 1 aliphatic rings. The van der Waals surface area contributed by atoms with E-state index in [0.717, 1.165) is 22.4 Å². The molecule has 0 saturated heterocycles. The number of fused-ring (bicyclic) bond motifs is 1. The Kier molecular flexibility index (Phi) is 2.69. The van der Waals surface area contributed by atoms with Gasteiger partial charge in [0.05, 0.1) is 6.61 Å². The van der Waals surface area contributed by atoms with Crippen molar-refractivity contribution in [3.63, 3.8) is 0 Å². The van der Waals surface area contributed by atoms with Crippen molar-refractivity contribution in [2.75, 3.05) is 6.61 Å². The Balaban J connectivity index is 2.62. The minimum atomic E-state index is -0.871. The second-order valence-corrected chi connectivity index (χ2v) is 5.59. The van der Waals surface area contributed by atoms with Crippen molar-refractivity contribution >= 4 is 0 Å². The number of benzene rings is 1. The van der Waals surface area contributed by atoms with Crippen LogP contribution in [0.1, 0.15) is 50.1 Å². The van der Waals surface area contributed by atoms with Crippen LogP contribution in [-0.4, -0.2) is 6.61 Å². The number of aryl methyl sites for hydroxylation is 1. The molecule has 1 aliphatic heterocycles. The van der Waals surface area contributed by atoms with Crippen LogP contribution in [0.4, 0.5) is 4.39 Å². The summed E-state index contributed by atoms with van der Waals surface area (Å²) in [6.45, 7) is 8.89. The monoisotopic (exact) mass is 222 g/mol. The van der Waals surface area contributed by atoms with E-state index < -0.39 is 6.17 Å². The Hall–Kier alpha value is -1.05. The summed E-state index contributed by atoms with van der Waals surface area (Å²) in [7, 11) is 0. The zero-order valence-electron chi connectivity index (χ0n) is 10.4. The molecule has 1 heterocycles. The molecular formula is C14H19FO. The van der Waals surface area contributed by atoms with Crippen molar-refractivity contribution in [3.8, 4) is 5.75 Å². The van der Waals surface area contributed by atoms with Crippen molar-refractivity contribution in [2.45, 2.75) is 45.7 Å². The Morgan fingerprint density at radius 1 is 1.31 bits per heavy atom. The molecule has 0 fully saturated rings. The van der Waals surface area contributed by atoms with E-state index in [1.165, 1.54) is 0 Å².